The topological polar surface area (TPSA) is 30.2 Å². The molecular formula is C20H12Cl2O2. The van der Waals surface area contributed by atoms with Gasteiger partial charge >= 0.3 is 0 Å². The largest absolute Gasteiger partial charge is 0.457 e. The third kappa shape index (κ3) is 2.58. The highest BCUT2D eigenvalue weighted by Gasteiger charge is 2.24. The van der Waals surface area contributed by atoms with E-state index in [-0.39, 0.29) is 5.78 Å². The Balaban J connectivity index is 1.67. The van der Waals surface area contributed by atoms with Gasteiger partial charge in [-0.15, -0.1) is 0 Å². The molecule has 1 heterocycles. The molecule has 0 radical (unpaired) electrons. The summed E-state index contributed by atoms with van der Waals surface area (Å²) in [5.74, 6) is 1.30. The molecule has 0 aliphatic heterocycles. The third-order valence-corrected chi connectivity index (χ3v) is 4.91. The second-order valence-electron chi connectivity index (χ2n) is 5.64. The first kappa shape index (κ1) is 15.3. The van der Waals surface area contributed by atoms with Gasteiger partial charge in [0.05, 0.1) is 10.0 Å². The van der Waals surface area contributed by atoms with E-state index in [9.17, 15) is 4.79 Å². The smallest absolute Gasteiger partial charge is 0.189 e. The van der Waals surface area contributed by atoms with Crippen LogP contribution in [0.15, 0.2) is 64.6 Å². The van der Waals surface area contributed by atoms with E-state index in [0.717, 1.165) is 22.3 Å². The molecule has 2 aromatic carbocycles. The number of benzene rings is 2. The summed E-state index contributed by atoms with van der Waals surface area (Å²) in [4.78, 5) is 12.4. The molecule has 1 aliphatic rings. The summed E-state index contributed by atoms with van der Waals surface area (Å²) in [6.45, 7) is 0. The Labute approximate surface area is 149 Å². The predicted molar refractivity (Wildman–Crippen MR) is 96.6 cm³/mol. The fraction of sp³-hybridized carbons (Fsp3) is 0.0500. The molecule has 3 aromatic rings. The zero-order valence-corrected chi connectivity index (χ0v) is 14.1. The zero-order chi connectivity index (χ0) is 16.7. The van der Waals surface area contributed by atoms with Crippen LogP contribution in [0.3, 0.4) is 0 Å². The lowest BCUT2D eigenvalue weighted by Crippen LogP contribution is -1.94. The van der Waals surface area contributed by atoms with Crippen LogP contribution in [0.4, 0.5) is 0 Å². The number of furan rings is 1. The van der Waals surface area contributed by atoms with Gasteiger partial charge in [0.25, 0.3) is 0 Å². The summed E-state index contributed by atoms with van der Waals surface area (Å²) in [6.07, 6.45) is 2.42. The molecule has 0 bridgehead atoms. The Morgan fingerprint density at radius 3 is 2.54 bits per heavy atom. The maximum Gasteiger partial charge on any atom is 0.189 e. The predicted octanol–water partition coefficient (Wildman–Crippen LogP) is 6.08. The highest BCUT2D eigenvalue weighted by Crippen LogP contribution is 2.35. The van der Waals surface area contributed by atoms with Crippen LogP contribution >= 0.6 is 23.2 Å². The maximum atomic E-state index is 12.4. The normalized spacial score (nSPS) is 15.1. The number of Topliss-reactive ketones (excluding diaryl/α,β-unsaturated/α-hetero) is 1. The molecule has 1 aromatic heterocycles. The first-order chi connectivity index (χ1) is 11.6. The van der Waals surface area contributed by atoms with Crippen LogP contribution in [0.1, 0.15) is 21.7 Å². The lowest BCUT2D eigenvalue weighted by atomic mass is 10.1. The third-order valence-electron chi connectivity index (χ3n) is 4.09. The molecule has 0 saturated carbocycles. The van der Waals surface area contributed by atoms with Gasteiger partial charge in [-0.2, -0.15) is 0 Å². The van der Waals surface area contributed by atoms with Crippen molar-refractivity contribution in [2.24, 2.45) is 0 Å². The van der Waals surface area contributed by atoms with E-state index in [4.69, 9.17) is 27.6 Å². The van der Waals surface area contributed by atoms with Crippen molar-refractivity contribution < 1.29 is 9.21 Å². The summed E-state index contributed by atoms with van der Waals surface area (Å²) in [6, 6.07) is 16.7. The van der Waals surface area contributed by atoms with Gasteiger partial charge in [0.1, 0.15) is 11.5 Å². The molecule has 0 saturated heterocycles. The molecule has 0 spiro atoms. The van der Waals surface area contributed by atoms with Gasteiger partial charge < -0.3 is 4.42 Å². The Bertz CT molecular complexity index is 983. The summed E-state index contributed by atoms with van der Waals surface area (Å²) in [7, 11) is 0. The Hall–Kier alpha value is -2.29. The number of ketones is 1. The van der Waals surface area contributed by atoms with E-state index < -0.39 is 0 Å². The van der Waals surface area contributed by atoms with E-state index >= 15 is 0 Å². The zero-order valence-electron chi connectivity index (χ0n) is 12.6. The van der Waals surface area contributed by atoms with Crippen molar-refractivity contribution in [3.8, 4) is 11.3 Å². The molecule has 0 atom stereocenters. The Morgan fingerprint density at radius 1 is 0.917 bits per heavy atom. The fourth-order valence-electron chi connectivity index (χ4n) is 2.91. The number of hydrogen-bond acceptors (Lipinski definition) is 2. The van der Waals surface area contributed by atoms with E-state index in [1.807, 2.05) is 48.5 Å². The molecule has 118 valence electrons. The van der Waals surface area contributed by atoms with E-state index in [1.54, 1.807) is 12.1 Å². The average Bonchev–Trinajstić information content (AvgIpc) is 3.16. The number of fused-ring (bicyclic) bond motifs is 1. The fourth-order valence-corrected chi connectivity index (χ4v) is 3.31. The van der Waals surface area contributed by atoms with Crippen LogP contribution in [-0.4, -0.2) is 5.78 Å². The van der Waals surface area contributed by atoms with Crippen molar-refractivity contribution in [1.29, 1.82) is 0 Å². The van der Waals surface area contributed by atoms with Crippen molar-refractivity contribution in [1.82, 2.24) is 0 Å². The molecule has 1 aliphatic carbocycles. The number of carbonyl (C=O) groups is 1. The molecule has 0 amide bonds. The van der Waals surface area contributed by atoms with Gasteiger partial charge in [0, 0.05) is 23.1 Å². The molecule has 2 nitrogen and oxygen atoms in total. The summed E-state index contributed by atoms with van der Waals surface area (Å²) in [5.41, 5.74) is 3.29. The van der Waals surface area contributed by atoms with Gasteiger partial charge in [-0.05, 0) is 35.9 Å². The van der Waals surface area contributed by atoms with Crippen LogP contribution in [0.5, 0.6) is 0 Å². The van der Waals surface area contributed by atoms with E-state index in [1.165, 1.54) is 0 Å². The molecule has 24 heavy (non-hydrogen) atoms. The molecule has 4 rings (SSSR count). The highest BCUT2D eigenvalue weighted by molar-refractivity contribution is 6.43. The summed E-state index contributed by atoms with van der Waals surface area (Å²) < 4.78 is 5.84. The molecule has 0 unspecified atom stereocenters. The lowest BCUT2D eigenvalue weighted by molar-refractivity contribution is 0.104. The number of allylic oxidation sites excluding steroid dienone is 1. The number of hydrogen-bond donors (Lipinski definition) is 0. The van der Waals surface area contributed by atoms with Crippen LogP contribution < -0.4 is 0 Å². The second kappa shape index (κ2) is 5.97. The van der Waals surface area contributed by atoms with Crippen molar-refractivity contribution in [2.75, 3.05) is 0 Å². The minimum absolute atomic E-state index is 0.0596. The minimum atomic E-state index is 0.0596. The van der Waals surface area contributed by atoms with Crippen molar-refractivity contribution >= 4 is 35.1 Å². The van der Waals surface area contributed by atoms with E-state index in [0.29, 0.717) is 28.0 Å². The molecule has 4 heteroatoms. The summed E-state index contributed by atoms with van der Waals surface area (Å²) in [5, 5.41) is 0.934. The van der Waals surface area contributed by atoms with Gasteiger partial charge in [-0.25, -0.2) is 0 Å². The van der Waals surface area contributed by atoms with Crippen molar-refractivity contribution in [3.63, 3.8) is 0 Å². The number of halogens is 2. The quantitative estimate of drug-likeness (QED) is 0.522. The van der Waals surface area contributed by atoms with Gasteiger partial charge in [-0.1, -0.05) is 53.5 Å². The highest BCUT2D eigenvalue weighted by atomic mass is 35.5. The maximum absolute atomic E-state index is 12.4. The van der Waals surface area contributed by atoms with Crippen LogP contribution in [0, 0.1) is 0 Å². The summed E-state index contributed by atoms with van der Waals surface area (Å²) >= 11 is 12.3. The van der Waals surface area contributed by atoms with Gasteiger partial charge in [-0.3, -0.25) is 4.79 Å². The Kier molecular flexibility index (Phi) is 3.79. The average molecular weight is 355 g/mol. The minimum Gasteiger partial charge on any atom is -0.457 e. The van der Waals surface area contributed by atoms with Crippen LogP contribution in [0.2, 0.25) is 10.0 Å². The van der Waals surface area contributed by atoms with Gasteiger partial charge in [0.15, 0.2) is 5.78 Å². The monoisotopic (exact) mass is 354 g/mol. The first-order valence-electron chi connectivity index (χ1n) is 7.51. The standard InChI is InChI=1S/C20H12Cl2O2/c21-17-7-3-6-16(19(17)22)18-9-8-14(24-18)11-13-10-12-4-1-2-5-15(12)20(13)23/h1-9,11H,10H2. The Morgan fingerprint density at radius 2 is 1.71 bits per heavy atom. The van der Waals surface area contributed by atoms with Gasteiger partial charge in [0.2, 0.25) is 0 Å². The second-order valence-corrected chi connectivity index (χ2v) is 6.42. The van der Waals surface area contributed by atoms with Crippen LogP contribution in [-0.2, 0) is 6.42 Å². The lowest BCUT2D eigenvalue weighted by Gasteiger charge is -2.02. The number of carbonyl (C=O) groups excluding carboxylic acids is 1. The SMILES string of the molecule is O=C1C(=Cc2ccc(-c3cccc(Cl)c3Cl)o2)Cc2ccccc21. The number of rotatable bonds is 2. The molecular weight excluding hydrogens is 343 g/mol. The van der Waals surface area contributed by atoms with Crippen LogP contribution in [0.25, 0.3) is 17.4 Å². The van der Waals surface area contributed by atoms with Crippen molar-refractivity contribution in [2.45, 2.75) is 6.42 Å². The van der Waals surface area contributed by atoms with Crippen molar-refractivity contribution in [3.05, 3.63) is 87.1 Å². The molecule has 0 N–H and O–H groups in total. The first-order valence-corrected chi connectivity index (χ1v) is 8.26. The van der Waals surface area contributed by atoms with E-state index in [2.05, 4.69) is 0 Å². The molecule has 0 fully saturated rings.